The quantitative estimate of drug-likeness (QED) is 0.515. The van der Waals surface area contributed by atoms with Crippen LogP contribution in [0, 0.1) is 11.7 Å². The van der Waals surface area contributed by atoms with E-state index in [0.717, 1.165) is 24.8 Å². The molecule has 0 spiro atoms. The Labute approximate surface area is 209 Å². The van der Waals surface area contributed by atoms with Crippen molar-refractivity contribution in [1.82, 2.24) is 15.3 Å². The summed E-state index contributed by atoms with van der Waals surface area (Å²) in [5, 5.41) is 6.04. The van der Waals surface area contributed by atoms with Gasteiger partial charge in [0.25, 0.3) is 5.91 Å². The van der Waals surface area contributed by atoms with Crippen molar-refractivity contribution in [2.75, 3.05) is 23.3 Å². The van der Waals surface area contributed by atoms with Gasteiger partial charge in [-0.3, -0.25) is 19.6 Å². The van der Waals surface area contributed by atoms with E-state index in [1.54, 1.807) is 31.6 Å². The Morgan fingerprint density at radius 2 is 2.03 bits per heavy atom. The van der Waals surface area contributed by atoms with Crippen molar-refractivity contribution < 1.29 is 14.0 Å². The van der Waals surface area contributed by atoms with Crippen molar-refractivity contribution in [2.45, 2.75) is 51.1 Å². The molecule has 1 saturated heterocycles. The first-order chi connectivity index (χ1) is 17.3. The summed E-state index contributed by atoms with van der Waals surface area (Å²) in [5.74, 6) is -0.207. The van der Waals surface area contributed by atoms with Crippen LogP contribution in [0.15, 0.2) is 42.9 Å². The lowest BCUT2D eigenvalue weighted by Crippen LogP contribution is -2.54. The van der Waals surface area contributed by atoms with E-state index in [2.05, 4.69) is 27.5 Å². The SMILES string of the molecule is C[C@@H]1C[C@H](N)C[C@H](c2ccncc2NC(=O)c2ccc(F)c3cc(N4CCNC(=O)[C@@H]4C)cnc23)C1. The molecule has 3 aromatic rings. The smallest absolute Gasteiger partial charge is 0.257 e. The van der Waals surface area contributed by atoms with Gasteiger partial charge in [0.05, 0.1) is 34.8 Å². The number of piperazine rings is 1. The summed E-state index contributed by atoms with van der Waals surface area (Å²) < 4.78 is 14.9. The Kier molecular flexibility index (Phi) is 6.57. The third kappa shape index (κ3) is 4.63. The van der Waals surface area contributed by atoms with E-state index in [9.17, 15) is 14.0 Å². The Balaban J connectivity index is 1.45. The molecule has 188 valence electrons. The van der Waals surface area contributed by atoms with E-state index < -0.39 is 11.9 Å². The second-order valence-electron chi connectivity index (χ2n) is 10.0. The first kappa shape index (κ1) is 24.1. The van der Waals surface area contributed by atoms with E-state index in [1.807, 2.05) is 11.0 Å². The lowest BCUT2D eigenvalue weighted by atomic mass is 9.76. The van der Waals surface area contributed by atoms with Gasteiger partial charge in [-0.1, -0.05) is 6.92 Å². The van der Waals surface area contributed by atoms with Crippen LogP contribution < -0.4 is 21.3 Å². The normalized spacial score (nSPS) is 24.4. The maximum Gasteiger partial charge on any atom is 0.257 e. The molecule has 1 aliphatic heterocycles. The zero-order valence-corrected chi connectivity index (χ0v) is 20.5. The third-order valence-electron chi connectivity index (χ3n) is 7.38. The number of nitrogens with zero attached hydrogens (tertiary/aromatic N) is 3. The molecule has 0 bridgehead atoms. The molecule has 9 heteroatoms. The number of carbonyl (C=O) groups is 2. The Bertz CT molecular complexity index is 1300. The highest BCUT2D eigenvalue weighted by Crippen LogP contribution is 2.38. The molecule has 4 atom stereocenters. The number of anilines is 2. The summed E-state index contributed by atoms with van der Waals surface area (Å²) in [7, 11) is 0. The number of aromatic nitrogens is 2. The molecule has 2 aromatic heterocycles. The number of halogens is 1. The van der Waals surface area contributed by atoms with Crippen LogP contribution in [0.2, 0.25) is 0 Å². The van der Waals surface area contributed by atoms with Crippen molar-refractivity contribution in [3.63, 3.8) is 0 Å². The van der Waals surface area contributed by atoms with Crippen molar-refractivity contribution in [2.24, 2.45) is 11.7 Å². The van der Waals surface area contributed by atoms with E-state index in [0.29, 0.717) is 30.4 Å². The van der Waals surface area contributed by atoms with E-state index in [-0.39, 0.29) is 40.2 Å². The molecule has 5 rings (SSSR count). The summed E-state index contributed by atoms with van der Waals surface area (Å²) in [5.41, 5.74) is 9.10. The van der Waals surface area contributed by atoms with Crippen molar-refractivity contribution in [3.05, 3.63) is 59.8 Å². The largest absolute Gasteiger partial charge is 0.357 e. The number of fused-ring (bicyclic) bond motifs is 1. The van der Waals surface area contributed by atoms with Gasteiger partial charge in [-0.25, -0.2) is 4.39 Å². The third-order valence-corrected chi connectivity index (χ3v) is 7.38. The summed E-state index contributed by atoms with van der Waals surface area (Å²) in [6.45, 7) is 5.09. The first-order valence-electron chi connectivity index (χ1n) is 12.4. The number of hydrogen-bond acceptors (Lipinski definition) is 6. The highest BCUT2D eigenvalue weighted by Gasteiger charge is 2.29. The lowest BCUT2D eigenvalue weighted by Gasteiger charge is -2.34. The molecule has 2 amide bonds. The van der Waals surface area contributed by atoms with Gasteiger partial charge in [-0.2, -0.15) is 0 Å². The molecule has 36 heavy (non-hydrogen) atoms. The minimum absolute atomic E-state index is 0.0875. The van der Waals surface area contributed by atoms with E-state index in [4.69, 9.17) is 5.73 Å². The molecule has 1 saturated carbocycles. The van der Waals surface area contributed by atoms with Gasteiger partial charge in [-0.15, -0.1) is 0 Å². The van der Waals surface area contributed by atoms with Gasteiger partial charge in [0, 0.05) is 30.7 Å². The van der Waals surface area contributed by atoms with Crippen LogP contribution in [0.3, 0.4) is 0 Å². The predicted molar refractivity (Wildman–Crippen MR) is 137 cm³/mol. The Hall–Kier alpha value is -3.59. The van der Waals surface area contributed by atoms with Crippen LogP contribution in [-0.2, 0) is 4.79 Å². The predicted octanol–water partition coefficient (Wildman–Crippen LogP) is 3.58. The number of nitrogens with one attached hydrogen (secondary N) is 2. The summed E-state index contributed by atoms with van der Waals surface area (Å²) >= 11 is 0. The average molecular weight is 491 g/mol. The van der Waals surface area contributed by atoms with E-state index >= 15 is 0 Å². The minimum Gasteiger partial charge on any atom is -0.357 e. The van der Waals surface area contributed by atoms with Gasteiger partial charge in [0.2, 0.25) is 5.91 Å². The van der Waals surface area contributed by atoms with Crippen LogP contribution in [0.5, 0.6) is 0 Å². The lowest BCUT2D eigenvalue weighted by molar-refractivity contribution is -0.122. The molecular weight excluding hydrogens is 459 g/mol. The monoisotopic (exact) mass is 490 g/mol. The van der Waals surface area contributed by atoms with E-state index in [1.165, 1.54) is 12.1 Å². The second-order valence-corrected chi connectivity index (χ2v) is 10.0. The van der Waals surface area contributed by atoms with Gasteiger partial charge in [0.15, 0.2) is 0 Å². The number of carbonyl (C=O) groups excluding carboxylic acids is 2. The Morgan fingerprint density at radius 3 is 2.83 bits per heavy atom. The van der Waals surface area contributed by atoms with Crippen LogP contribution in [0.1, 0.15) is 54.9 Å². The van der Waals surface area contributed by atoms with Crippen molar-refractivity contribution in [1.29, 1.82) is 0 Å². The molecule has 4 N–H and O–H groups in total. The molecule has 1 aromatic carbocycles. The summed E-state index contributed by atoms with van der Waals surface area (Å²) in [4.78, 5) is 36.1. The van der Waals surface area contributed by atoms with Crippen LogP contribution in [0.25, 0.3) is 10.9 Å². The van der Waals surface area contributed by atoms with Crippen molar-refractivity contribution in [3.8, 4) is 0 Å². The summed E-state index contributed by atoms with van der Waals surface area (Å²) in [6.07, 6.45) is 7.82. The highest BCUT2D eigenvalue weighted by atomic mass is 19.1. The van der Waals surface area contributed by atoms with Crippen LogP contribution in [-0.4, -0.2) is 47.0 Å². The highest BCUT2D eigenvalue weighted by molar-refractivity contribution is 6.12. The van der Waals surface area contributed by atoms with Crippen LogP contribution >= 0.6 is 0 Å². The first-order valence-corrected chi connectivity index (χ1v) is 12.4. The fourth-order valence-electron chi connectivity index (χ4n) is 5.62. The Morgan fingerprint density at radius 1 is 1.19 bits per heavy atom. The summed E-state index contributed by atoms with van der Waals surface area (Å²) in [6, 6.07) is 6.06. The number of rotatable bonds is 4. The fraction of sp³-hybridized carbons (Fsp3) is 0.407. The molecule has 2 fully saturated rings. The number of nitrogens with two attached hydrogens (primary N) is 1. The zero-order valence-electron chi connectivity index (χ0n) is 20.5. The molecular formula is C27H31FN6O2. The molecule has 8 nitrogen and oxygen atoms in total. The molecule has 0 radical (unpaired) electrons. The van der Waals surface area contributed by atoms with Gasteiger partial charge in [0.1, 0.15) is 11.9 Å². The minimum atomic E-state index is -0.475. The maximum atomic E-state index is 14.9. The van der Waals surface area contributed by atoms with Crippen molar-refractivity contribution >= 4 is 34.1 Å². The topological polar surface area (TPSA) is 113 Å². The van der Waals surface area contributed by atoms with Gasteiger partial charge >= 0.3 is 0 Å². The number of benzene rings is 1. The number of pyridine rings is 2. The molecule has 2 aliphatic rings. The zero-order chi connectivity index (χ0) is 25.4. The standard InChI is InChI=1S/C27H31FN6O2/c1-15-9-17(11-18(29)10-15)20-5-6-30-14-24(20)33-27(36)21-3-4-23(28)22-12-19(13-32-25(21)22)34-8-7-31-26(35)16(34)2/h3-6,12-18H,7-11,29H2,1-2H3,(H,31,35)(H,33,36)/t15-,16-,17+,18-/m0/s1. The average Bonchev–Trinajstić information content (AvgIpc) is 2.85. The van der Waals surface area contributed by atoms with Gasteiger partial charge in [-0.05, 0) is 67.9 Å². The molecule has 3 heterocycles. The number of hydrogen-bond donors (Lipinski definition) is 3. The fourth-order valence-corrected chi connectivity index (χ4v) is 5.62. The van der Waals surface area contributed by atoms with Gasteiger partial charge < -0.3 is 21.3 Å². The number of amides is 2. The molecule has 1 aliphatic carbocycles. The second kappa shape index (κ2) is 9.81. The molecule has 0 unspecified atom stereocenters. The van der Waals surface area contributed by atoms with Crippen LogP contribution in [0.4, 0.5) is 15.8 Å². The maximum absolute atomic E-state index is 14.9.